The lowest BCUT2D eigenvalue weighted by Crippen LogP contribution is -2.31. The highest BCUT2D eigenvalue weighted by Crippen LogP contribution is 2.33. The Bertz CT molecular complexity index is 531. The molecule has 0 spiro atoms. The van der Waals surface area contributed by atoms with Crippen molar-refractivity contribution in [3.05, 3.63) is 45.0 Å². The molecule has 0 saturated carbocycles. The standard InChI is InChI=1S/C10H11FN2O3/c11-7-3-6(5-14)4-8(7)13-2-1-9(15)12-10(13)16/h1-3,6,8,14H,4-5H2,(H,12,15,16)/t6-,8-/m0/s1. The Kier molecular flexibility index (Phi) is 2.74. The van der Waals surface area contributed by atoms with Crippen LogP contribution in [-0.4, -0.2) is 21.3 Å². The first-order valence-corrected chi connectivity index (χ1v) is 4.91. The lowest BCUT2D eigenvalue weighted by molar-refractivity contribution is 0.242. The van der Waals surface area contributed by atoms with Crippen molar-refractivity contribution in [1.29, 1.82) is 0 Å². The van der Waals surface area contributed by atoms with Crippen LogP contribution in [0, 0.1) is 5.92 Å². The van der Waals surface area contributed by atoms with E-state index in [0.717, 1.165) is 4.57 Å². The molecule has 0 unspecified atom stereocenters. The Balaban J connectivity index is 2.37. The van der Waals surface area contributed by atoms with Gasteiger partial charge in [0.05, 0.1) is 6.04 Å². The number of halogens is 1. The molecule has 5 nitrogen and oxygen atoms in total. The fourth-order valence-electron chi connectivity index (χ4n) is 1.85. The molecule has 0 aliphatic heterocycles. The topological polar surface area (TPSA) is 75.1 Å². The first kappa shape index (κ1) is 10.8. The number of nitrogens with one attached hydrogen (secondary N) is 1. The summed E-state index contributed by atoms with van der Waals surface area (Å²) in [5.41, 5.74) is -1.15. The number of aliphatic hydroxyl groups excluding tert-OH is 1. The van der Waals surface area contributed by atoms with Gasteiger partial charge in [0.15, 0.2) is 0 Å². The van der Waals surface area contributed by atoms with Crippen LogP contribution in [0.4, 0.5) is 4.39 Å². The summed E-state index contributed by atoms with van der Waals surface area (Å²) in [4.78, 5) is 24.3. The number of allylic oxidation sites excluding steroid dienone is 1. The van der Waals surface area contributed by atoms with Gasteiger partial charge in [0, 0.05) is 24.8 Å². The number of aromatic amines is 1. The highest BCUT2D eigenvalue weighted by atomic mass is 19.1. The van der Waals surface area contributed by atoms with Gasteiger partial charge in [-0.1, -0.05) is 0 Å². The van der Waals surface area contributed by atoms with Gasteiger partial charge in [0.25, 0.3) is 5.56 Å². The molecule has 1 aromatic heterocycles. The fourth-order valence-corrected chi connectivity index (χ4v) is 1.85. The highest BCUT2D eigenvalue weighted by molar-refractivity contribution is 5.12. The van der Waals surface area contributed by atoms with Crippen LogP contribution in [0.15, 0.2) is 33.8 Å². The predicted molar refractivity (Wildman–Crippen MR) is 54.7 cm³/mol. The van der Waals surface area contributed by atoms with Gasteiger partial charge < -0.3 is 5.11 Å². The van der Waals surface area contributed by atoms with Gasteiger partial charge in [0.1, 0.15) is 5.83 Å². The number of hydrogen-bond acceptors (Lipinski definition) is 3. The second-order valence-electron chi connectivity index (χ2n) is 3.76. The van der Waals surface area contributed by atoms with Gasteiger partial charge in [-0.3, -0.25) is 14.3 Å². The Labute approximate surface area is 89.9 Å². The van der Waals surface area contributed by atoms with E-state index in [-0.39, 0.29) is 12.5 Å². The van der Waals surface area contributed by atoms with E-state index in [4.69, 9.17) is 5.11 Å². The lowest BCUT2D eigenvalue weighted by atomic mass is 10.1. The SMILES string of the molecule is O=c1ccn([C@H]2C[C@@H](CO)C=C2F)c(=O)[nH]1. The third kappa shape index (κ3) is 1.83. The van der Waals surface area contributed by atoms with Gasteiger partial charge in [-0.25, -0.2) is 9.18 Å². The molecule has 0 fully saturated rings. The Hall–Kier alpha value is -1.69. The van der Waals surface area contributed by atoms with Crippen LogP contribution in [0.1, 0.15) is 12.5 Å². The van der Waals surface area contributed by atoms with E-state index in [1.165, 1.54) is 18.3 Å². The summed E-state index contributed by atoms with van der Waals surface area (Å²) < 4.78 is 14.6. The second-order valence-corrected chi connectivity index (χ2v) is 3.76. The zero-order valence-electron chi connectivity index (χ0n) is 8.39. The summed E-state index contributed by atoms with van der Waals surface area (Å²) >= 11 is 0. The van der Waals surface area contributed by atoms with Crippen LogP contribution in [0.5, 0.6) is 0 Å². The Morgan fingerprint density at radius 3 is 2.88 bits per heavy atom. The van der Waals surface area contributed by atoms with Gasteiger partial charge in [0.2, 0.25) is 0 Å². The first-order chi connectivity index (χ1) is 7.61. The first-order valence-electron chi connectivity index (χ1n) is 4.91. The van der Waals surface area contributed by atoms with Crippen molar-refractivity contribution in [2.24, 2.45) is 5.92 Å². The normalized spacial score (nSPS) is 24.5. The van der Waals surface area contributed by atoms with Crippen molar-refractivity contribution < 1.29 is 9.50 Å². The zero-order valence-corrected chi connectivity index (χ0v) is 8.39. The molecule has 2 atom stereocenters. The minimum absolute atomic E-state index is 0.151. The number of hydrogen-bond donors (Lipinski definition) is 2. The molecule has 0 bridgehead atoms. The molecule has 2 N–H and O–H groups in total. The van der Waals surface area contributed by atoms with E-state index in [9.17, 15) is 14.0 Å². The maximum Gasteiger partial charge on any atom is 0.328 e. The van der Waals surface area contributed by atoms with Crippen molar-refractivity contribution in [2.45, 2.75) is 12.5 Å². The molecular formula is C10H11FN2O3. The minimum Gasteiger partial charge on any atom is -0.396 e. The molecule has 1 aliphatic rings. The van der Waals surface area contributed by atoms with Crippen molar-refractivity contribution in [3.8, 4) is 0 Å². The van der Waals surface area contributed by atoms with E-state index < -0.39 is 23.1 Å². The molecule has 0 saturated heterocycles. The third-order valence-corrected chi connectivity index (χ3v) is 2.66. The predicted octanol–water partition coefficient (Wildman–Crippen LogP) is -0.0567. The summed E-state index contributed by atoms with van der Waals surface area (Å²) in [6.07, 6.45) is 2.90. The number of aromatic nitrogens is 2. The maximum atomic E-state index is 13.5. The van der Waals surface area contributed by atoms with E-state index >= 15 is 0 Å². The van der Waals surface area contributed by atoms with Gasteiger partial charge in [-0.2, -0.15) is 0 Å². The molecule has 0 amide bonds. The summed E-state index contributed by atoms with van der Waals surface area (Å²) in [5.74, 6) is -0.725. The van der Waals surface area contributed by atoms with Crippen molar-refractivity contribution in [2.75, 3.05) is 6.61 Å². The summed E-state index contributed by atoms with van der Waals surface area (Å²) in [5, 5.41) is 8.91. The lowest BCUT2D eigenvalue weighted by Gasteiger charge is -2.13. The van der Waals surface area contributed by atoms with Crippen LogP contribution in [0.3, 0.4) is 0 Å². The monoisotopic (exact) mass is 226 g/mol. The summed E-state index contributed by atoms with van der Waals surface area (Å²) in [7, 11) is 0. The third-order valence-electron chi connectivity index (χ3n) is 2.66. The quantitative estimate of drug-likeness (QED) is 0.742. The molecule has 2 rings (SSSR count). The maximum absolute atomic E-state index is 13.5. The number of H-pyrrole nitrogens is 1. The highest BCUT2D eigenvalue weighted by Gasteiger charge is 2.28. The molecular weight excluding hydrogens is 215 g/mol. The summed E-state index contributed by atoms with van der Waals surface area (Å²) in [6.45, 7) is -0.151. The van der Waals surface area contributed by atoms with E-state index in [2.05, 4.69) is 4.98 Å². The molecule has 0 radical (unpaired) electrons. The molecule has 16 heavy (non-hydrogen) atoms. The van der Waals surface area contributed by atoms with Crippen LogP contribution in [0.2, 0.25) is 0 Å². The fraction of sp³-hybridized carbons (Fsp3) is 0.400. The molecule has 6 heteroatoms. The molecule has 0 aromatic carbocycles. The van der Waals surface area contributed by atoms with Crippen molar-refractivity contribution >= 4 is 0 Å². The largest absolute Gasteiger partial charge is 0.396 e. The number of rotatable bonds is 2. The van der Waals surface area contributed by atoms with Gasteiger partial charge in [-0.15, -0.1) is 0 Å². The van der Waals surface area contributed by atoms with E-state index in [0.29, 0.717) is 6.42 Å². The molecule has 1 heterocycles. The van der Waals surface area contributed by atoms with Crippen LogP contribution in [0.25, 0.3) is 0 Å². The van der Waals surface area contributed by atoms with Crippen molar-refractivity contribution in [1.82, 2.24) is 9.55 Å². The number of aliphatic hydroxyl groups is 1. The van der Waals surface area contributed by atoms with E-state index in [1.54, 1.807) is 0 Å². The average Bonchev–Trinajstić information content (AvgIpc) is 2.60. The average molecular weight is 226 g/mol. The molecule has 1 aromatic rings. The smallest absolute Gasteiger partial charge is 0.328 e. The zero-order chi connectivity index (χ0) is 11.7. The molecule has 86 valence electrons. The Morgan fingerprint density at radius 2 is 2.31 bits per heavy atom. The Morgan fingerprint density at radius 1 is 1.56 bits per heavy atom. The molecule has 1 aliphatic carbocycles. The van der Waals surface area contributed by atoms with Crippen LogP contribution < -0.4 is 11.2 Å². The summed E-state index contributed by atoms with van der Waals surface area (Å²) in [6, 6.07) is 0.447. The van der Waals surface area contributed by atoms with Crippen LogP contribution in [-0.2, 0) is 0 Å². The number of nitrogens with zero attached hydrogens (tertiary/aromatic N) is 1. The van der Waals surface area contributed by atoms with Gasteiger partial charge >= 0.3 is 5.69 Å². The second kappa shape index (κ2) is 4.05. The minimum atomic E-state index is -0.721. The van der Waals surface area contributed by atoms with Crippen molar-refractivity contribution in [3.63, 3.8) is 0 Å². The van der Waals surface area contributed by atoms with E-state index in [1.807, 2.05) is 0 Å². The van der Waals surface area contributed by atoms with Gasteiger partial charge in [-0.05, 0) is 12.5 Å². The van der Waals surface area contributed by atoms with Crippen LogP contribution >= 0.6 is 0 Å².